The molecule has 0 aromatic heterocycles. The van der Waals surface area contributed by atoms with E-state index in [2.05, 4.69) is 38.1 Å². The second kappa shape index (κ2) is 5.16. The largest absolute Gasteiger partial charge is 0.322 e. The summed E-state index contributed by atoms with van der Waals surface area (Å²) in [6, 6.07) is 10.4. The van der Waals surface area contributed by atoms with Crippen molar-refractivity contribution in [2.24, 2.45) is 5.73 Å². The van der Waals surface area contributed by atoms with Crippen LogP contribution in [0.5, 0.6) is 0 Å². The normalized spacial score (nSPS) is 15.1. The van der Waals surface area contributed by atoms with Crippen molar-refractivity contribution in [3.05, 3.63) is 35.9 Å². The molecule has 0 aliphatic carbocycles. The van der Waals surface area contributed by atoms with Gasteiger partial charge in [0.25, 0.3) is 0 Å². The third kappa shape index (κ3) is 3.15. The summed E-state index contributed by atoms with van der Waals surface area (Å²) >= 11 is 0. The maximum Gasteiger partial charge on any atom is 0.0381 e. The Kier molecular flexibility index (Phi) is 4.15. The summed E-state index contributed by atoms with van der Waals surface area (Å²) in [7, 11) is 0. The Labute approximate surface area is 87.3 Å². The average molecular weight is 191 g/mol. The van der Waals surface area contributed by atoms with Gasteiger partial charge in [-0.3, -0.25) is 0 Å². The number of hydrogen-bond acceptors (Lipinski definition) is 1. The maximum atomic E-state index is 6.28. The van der Waals surface area contributed by atoms with Gasteiger partial charge in [-0.1, -0.05) is 56.5 Å². The van der Waals surface area contributed by atoms with Gasteiger partial charge in [0.1, 0.15) is 0 Å². The van der Waals surface area contributed by atoms with Crippen molar-refractivity contribution in [2.45, 2.75) is 45.1 Å². The number of hydrogen-bond donors (Lipinski definition) is 1. The SMILES string of the molecule is CCCCCC(C)(N)c1ccccc1. The molecule has 1 unspecified atom stereocenters. The Hall–Kier alpha value is -0.820. The lowest BCUT2D eigenvalue weighted by atomic mass is 9.88. The molecule has 0 saturated carbocycles. The van der Waals surface area contributed by atoms with Gasteiger partial charge >= 0.3 is 0 Å². The zero-order valence-electron chi connectivity index (χ0n) is 9.29. The van der Waals surface area contributed by atoms with Crippen molar-refractivity contribution in [2.75, 3.05) is 0 Å². The smallest absolute Gasteiger partial charge is 0.0381 e. The predicted octanol–water partition coefficient (Wildman–Crippen LogP) is 3.44. The van der Waals surface area contributed by atoms with Crippen molar-refractivity contribution in [1.82, 2.24) is 0 Å². The van der Waals surface area contributed by atoms with Gasteiger partial charge in [0.15, 0.2) is 0 Å². The monoisotopic (exact) mass is 191 g/mol. The van der Waals surface area contributed by atoms with Gasteiger partial charge in [0.05, 0.1) is 0 Å². The Morgan fingerprint density at radius 2 is 1.79 bits per heavy atom. The molecule has 0 saturated heterocycles. The van der Waals surface area contributed by atoms with Crippen molar-refractivity contribution in [1.29, 1.82) is 0 Å². The first-order valence-electron chi connectivity index (χ1n) is 5.51. The van der Waals surface area contributed by atoms with Crippen LogP contribution in [0.1, 0.15) is 45.1 Å². The van der Waals surface area contributed by atoms with Crippen molar-refractivity contribution < 1.29 is 0 Å². The topological polar surface area (TPSA) is 26.0 Å². The predicted molar refractivity (Wildman–Crippen MR) is 62.1 cm³/mol. The van der Waals surface area contributed by atoms with Crippen molar-refractivity contribution in [3.63, 3.8) is 0 Å². The summed E-state index contributed by atoms with van der Waals surface area (Å²) in [5, 5.41) is 0. The Balaban J connectivity index is 2.56. The van der Waals surface area contributed by atoms with E-state index in [4.69, 9.17) is 5.73 Å². The first kappa shape index (κ1) is 11.3. The molecular weight excluding hydrogens is 170 g/mol. The van der Waals surface area contributed by atoms with Gasteiger partial charge in [-0.25, -0.2) is 0 Å². The zero-order chi connectivity index (χ0) is 10.4. The first-order valence-corrected chi connectivity index (χ1v) is 5.51. The summed E-state index contributed by atoms with van der Waals surface area (Å²) in [5.74, 6) is 0. The lowest BCUT2D eigenvalue weighted by molar-refractivity contribution is 0.427. The van der Waals surface area contributed by atoms with E-state index in [1.54, 1.807) is 0 Å². The van der Waals surface area contributed by atoms with Gasteiger partial charge in [-0.2, -0.15) is 0 Å². The van der Waals surface area contributed by atoms with Crippen LogP contribution in [0.3, 0.4) is 0 Å². The third-order valence-corrected chi connectivity index (χ3v) is 2.73. The van der Waals surface area contributed by atoms with E-state index in [0.29, 0.717) is 0 Å². The molecule has 1 aromatic rings. The highest BCUT2D eigenvalue weighted by Gasteiger charge is 2.19. The number of rotatable bonds is 5. The number of benzene rings is 1. The van der Waals surface area contributed by atoms with Gasteiger partial charge < -0.3 is 5.73 Å². The lowest BCUT2D eigenvalue weighted by Gasteiger charge is -2.25. The Morgan fingerprint density at radius 3 is 2.36 bits per heavy atom. The Bertz CT molecular complexity index is 251. The molecule has 0 amide bonds. The minimum absolute atomic E-state index is 0.156. The molecule has 0 bridgehead atoms. The van der Waals surface area contributed by atoms with Gasteiger partial charge in [-0.15, -0.1) is 0 Å². The molecule has 1 atom stereocenters. The van der Waals surface area contributed by atoms with E-state index in [9.17, 15) is 0 Å². The maximum absolute atomic E-state index is 6.28. The first-order chi connectivity index (χ1) is 6.67. The van der Waals surface area contributed by atoms with Crippen LogP contribution in [0, 0.1) is 0 Å². The molecule has 0 heterocycles. The molecule has 0 radical (unpaired) electrons. The molecule has 1 nitrogen and oxygen atoms in total. The highest BCUT2D eigenvalue weighted by atomic mass is 14.7. The fraction of sp³-hybridized carbons (Fsp3) is 0.538. The van der Waals surface area contributed by atoms with Crippen LogP contribution in [-0.4, -0.2) is 0 Å². The van der Waals surface area contributed by atoms with E-state index in [1.165, 1.54) is 24.8 Å². The molecule has 0 spiro atoms. The van der Waals surface area contributed by atoms with Crippen LogP contribution >= 0.6 is 0 Å². The second-order valence-electron chi connectivity index (χ2n) is 4.24. The minimum Gasteiger partial charge on any atom is -0.322 e. The minimum atomic E-state index is -0.156. The summed E-state index contributed by atoms with van der Waals surface area (Å²) in [5.41, 5.74) is 7.37. The van der Waals surface area contributed by atoms with Crippen LogP contribution in [0.25, 0.3) is 0 Å². The van der Waals surface area contributed by atoms with E-state index in [-0.39, 0.29) is 5.54 Å². The molecule has 1 heteroatoms. The molecule has 2 N–H and O–H groups in total. The molecular formula is C13H21N. The lowest BCUT2D eigenvalue weighted by Crippen LogP contribution is -2.32. The highest BCUT2D eigenvalue weighted by molar-refractivity contribution is 5.22. The second-order valence-corrected chi connectivity index (χ2v) is 4.24. The van der Waals surface area contributed by atoms with Crippen LogP contribution in [0.2, 0.25) is 0 Å². The number of unbranched alkanes of at least 4 members (excludes halogenated alkanes) is 2. The molecule has 1 aromatic carbocycles. The summed E-state index contributed by atoms with van der Waals surface area (Å²) in [6.07, 6.45) is 4.83. The fourth-order valence-corrected chi connectivity index (χ4v) is 1.71. The van der Waals surface area contributed by atoms with Crippen LogP contribution in [-0.2, 0) is 5.54 Å². The van der Waals surface area contributed by atoms with Crippen molar-refractivity contribution >= 4 is 0 Å². The quantitative estimate of drug-likeness (QED) is 0.709. The average Bonchev–Trinajstić information content (AvgIpc) is 2.19. The van der Waals surface area contributed by atoms with E-state index in [0.717, 1.165) is 6.42 Å². The van der Waals surface area contributed by atoms with Gasteiger partial charge in [0, 0.05) is 5.54 Å². The third-order valence-electron chi connectivity index (χ3n) is 2.73. The van der Waals surface area contributed by atoms with Crippen LogP contribution < -0.4 is 5.73 Å². The highest BCUT2D eigenvalue weighted by Crippen LogP contribution is 2.23. The van der Waals surface area contributed by atoms with Gasteiger partial charge in [-0.05, 0) is 18.9 Å². The molecule has 0 fully saturated rings. The molecule has 0 aliphatic rings. The molecule has 1 rings (SSSR count). The summed E-state index contributed by atoms with van der Waals surface area (Å²) < 4.78 is 0. The van der Waals surface area contributed by atoms with Crippen molar-refractivity contribution in [3.8, 4) is 0 Å². The molecule has 78 valence electrons. The van der Waals surface area contributed by atoms with E-state index in [1.807, 2.05) is 6.07 Å². The van der Waals surface area contributed by atoms with Crippen LogP contribution in [0.15, 0.2) is 30.3 Å². The van der Waals surface area contributed by atoms with Gasteiger partial charge in [0.2, 0.25) is 0 Å². The zero-order valence-corrected chi connectivity index (χ0v) is 9.29. The van der Waals surface area contributed by atoms with E-state index >= 15 is 0 Å². The Morgan fingerprint density at radius 1 is 1.14 bits per heavy atom. The summed E-state index contributed by atoms with van der Waals surface area (Å²) in [6.45, 7) is 4.34. The standard InChI is InChI=1S/C13H21N/c1-3-4-8-11-13(2,14)12-9-6-5-7-10-12/h5-7,9-10H,3-4,8,11,14H2,1-2H3. The number of nitrogens with two attached hydrogens (primary N) is 1. The summed E-state index contributed by atoms with van der Waals surface area (Å²) in [4.78, 5) is 0. The van der Waals surface area contributed by atoms with Crippen LogP contribution in [0.4, 0.5) is 0 Å². The fourth-order valence-electron chi connectivity index (χ4n) is 1.71. The molecule has 0 aliphatic heterocycles. The molecule has 14 heavy (non-hydrogen) atoms. The van der Waals surface area contributed by atoms with E-state index < -0.39 is 0 Å².